The fraction of sp³-hybridized carbons (Fsp3) is 0.400. The molecule has 1 aromatic heterocycles. The zero-order valence-corrected chi connectivity index (χ0v) is 10.5. The van der Waals surface area contributed by atoms with Crippen LogP contribution in [0.15, 0.2) is 4.90 Å². The van der Waals surface area contributed by atoms with Gasteiger partial charge in [-0.2, -0.15) is 13.8 Å². The van der Waals surface area contributed by atoms with Gasteiger partial charge in [0.05, 0.1) is 10.8 Å². The van der Waals surface area contributed by atoms with Crippen LogP contribution in [0.2, 0.25) is 0 Å². The summed E-state index contributed by atoms with van der Waals surface area (Å²) >= 11 is 0.336. The lowest BCUT2D eigenvalue weighted by atomic mass is 10.1. The molecule has 9 heteroatoms. The maximum Gasteiger partial charge on any atom is 0.252 e. The van der Waals surface area contributed by atoms with Gasteiger partial charge in [-0.3, -0.25) is 4.79 Å². The predicted octanol–water partition coefficient (Wildman–Crippen LogP) is 1.21. The van der Waals surface area contributed by atoms with Crippen LogP contribution in [-0.2, 0) is 4.79 Å². The van der Waals surface area contributed by atoms with E-state index in [1.165, 1.54) is 0 Å². The average Bonchev–Trinajstić information content (AvgIpc) is 2.30. The highest BCUT2D eigenvalue weighted by Crippen LogP contribution is 2.29. The van der Waals surface area contributed by atoms with Crippen LogP contribution in [0.3, 0.4) is 0 Å². The molecule has 2 atom stereocenters. The molecule has 0 spiro atoms. The minimum Gasteiger partial charge on any atom is -0.378 e. The number of carbonyl (C=O) groups is 1. The molecule has 4 nitrogen and oxygen atoms in total. The normalized spacial score (nSPS) is 14.3. The zero-order chi connectivity index (χ0) is 14.7. The fourth-order valence-electron chi connectivity index (χ4n) is 1.22. The second-order valence-electron chi connectivity index (χ2n) is 3.67. The van der Waals surface area contributed by atoms with Gasteiger partial charge in [0.2, 0.25) is 0 Å². The maximum atomic E-state index is 13.3. The zero-order valence-electron chi connectivity index (χ0n) is 9.66. The molecule has 0 aliphatic rings. The summed E-state index contributed by atoms with van der Waals surface area (Å²) in [4.78, 5) is 12.6. The number of nitrogens with two attached hydrogens (primary N) is 1. The minimum atomic E-state index is -1.78. The van der Waals surface area contributed by atoms with E-state index in [2.05, 4.69) is 4.98 Å². The van der Waals surface area contributed by atoms with E-state index in [0.717, 1.165) is 6.92 Å². The van der Waals surface area contributed by atoms with E-state index in [1.54, 1.807) is 0 Å². The van der Waals surface area contributed by atoms with Crippen LogP contribution in [0.4, 0.5) is 17.6 Å². The van der Waals surface area contributed by atoms with Gasteiger partial charge in [-0.05, 0) is 6.92 Å². The Balaban J connectivity index is 2.97. The molecule has 106 valence electrons. The van der Waals surface area contributed by atoms with E-state index in [1.807, 2.05) is 0 Å². The number of carbonyl (C=O) groups excluding carboxylic acids is 1. The summed E-state index contributed by atoms with van der Waals surface area (Å²) in [5.41, 5.74) is 5.11. The minimum absolute atomic E-state index is 0.330. The maximum absolute atomic E-state index is 13.3. The van der Waals surface area contributed by atoms with Crippen molar-refractivity contribution >= 4 is 17.5 Å². The van der Waals surface area contributed by atoms with E-state index in [0.29, 0.717) is 11.8 Å². The summed E-state index contributed by atoms with van der Waals surface area (Å²) in [6, 6.07) is 0. The first-order chi connectivity index (χ1) is 8.75. The van der Waals surface area contributed by atoms with Gasteiger partial charge in [0.15, 0.2) is 11.6 Å². The molecule has 1 aromatic rings. The summed E-state index contributed by atoms with van der Waals surface area (Å²) in [6.07, 6.45) is -1.53. The molecule has 1 heterocycles. The lowest BCUT2D eigenvalue weighted by Gasteiger charge is -2.16. The Labute approximate surface area is 110 Å². The van der Waals surface area contributed by atoms with E-state index >= 15 is 0 Å². The number of Topliss-reactive ketones (excluding diaryl/α,β-unsaturated/α-hetero) is 1. The monoisotopic (exact) mass is 298 g/mol. The summed E-state index contributed by atoms with van der Waals surface area (Å²) in [6.45, 7) is 1.13. The van der Waals surface area contributed by atoms with Gasteiger partial charge in [-0.25, -0.2) is 8.78 Å². The highest BCUT2D eigenvalue weighted by atomic mass is 32.2. The van der Waals surface area contributed by atoms with Gasteiger partial charge in [0, 0.05) is 5.75 Å². The molecule has 0 saturated carbocycles. The molecule has 0 saturated heterocycles. The first kappa shape index (κ1) is 15.9. The number of aliphatic hydroxyl groups is 1. The van der Waals surface area contributed by atoms with Crippen molar-refractivity contribution < 1.29 is 27.5 Å². The van der Waals surface area contributed by atoms with Gasteiger partial charge in [-0.15, -0.1) is 11.8 Å². The molecule has 0 fully saturated rings. The number of ketones is 1. The largest absolute Gasteiger partial charge is 0.378 e. The number of thioether (sulfide) groups is 1. The number of nitrogens with zero attached hydrogens (tertiary/aromatic N) is 1. The van der Waals surface area contributed by atoms with E-state index < -0.39 is 46.4 Å². The SMILES string of the molecule is CC(=O)C(CSc1c(F)c(F)nc(F)c1F)C(N)O. The van der Waals surface area contributed by atoms with Gasteiger partial charge in [0.25, 0.3) is 11.9 Å². The Morgan fingerprint density at radius 2 is 1.79 bits per heavy atom. The van der Waals surface area contributed by atoms with Crippen LogP contribution in [0.1, 0.15) is 6.92 Å². The number of pyridine rings is 1. The molecule has 0 amide bonds. The number of aliphatic hydroxyl groups excluding tert-OH is 1. The molecule has 0 aliphatic carbocycles. The average molecular weight is 298 g/mol. The molecule has 1 rings (SSSR count). The quantitative estimate of drug-likeness (QED) is 0.370. The fourth-order valence-corrected chi connectivity index (χ4v) is 2.42. The first-order valence-electron chi connectivity index (χ1n) is 5.02. The molecule has 0 radical (unpaired) electrons. The van der Waals surface area contributed by atoms with Crippen LogP contribution < -0.4 is 5.73 Å². The lowest BCUT2D eigenvalue weighted by molar-refractivity contribution is -0.123. The Morgan fingerprint density at radius 3 is 2.16 bits per heavy atom. The molecule has 19 heavy (non-hydrogen) atoms. The van der Waals surface area contributed by atoms with Crippen molar-refractivity contribution in [2.45, 2.75) is 18.0 Å². The third-order valence-corrected chi connectivity index (χ3v) is 3.47. The number of hydrogen-bond acceptors (Lipinski definition) is 5. The highest BCUT2D eigenvalue weighted by Gasteiger charge is 2.25. The van der Waals surface area contributed by atoms with Gasteiger partial charge >= 0.3 is 0 Å². The van der Waals surface area contributed by atoms with Crippen molar-refractivity contribution in [1.82, 2.24) is 4.98 Å². The van der Waals surface area contributed by atoms with Crippen LogP contribution in [0, 0.1) is 29.4 Å². The third kappa shape index (κ3) is 3.64. The van der Waals surface area contributed by atoms with E-state index in [-0.39, 0.29) is 5.75 Å². The number of halogens is 4. The summed E-state index contributed by atoms with van der Waals surface area (Å²) in [5.74, 6) is -8.83. The topological polar surface area (TPSA) is 76.2 Å². The van der Waals surface area contributed by atoms with Crippen molar-refractivity contribution in [1.29, 1.82) is 0 Å². The van der Waals surface area contributed by atoms with Crippen molar-refractivity contribution in [3.05, 3.63) is 23.5 Å². The van der Waals surface area contributed by atoms with Gasteiger partial charge in [0.1, 0.15) is 12.0 Å². The summed E-state index contributed by atoms with van der Waals surface area (Å²) in [7, 11) is 0. The summed E-state index contributed by atoms with van der Waals surface area (Å²) < 4.78 is 52.1. The van der Waals surface area contributed by atoms with Crippen molar-refractivity contribution in [2.75, 3.05) is 5.75 Å². The number of rotatable bonds is 5. The Hall–Kier alpha value is -1.19. The first-order valence-corrected chi connectivity index (χ1v) is 6.01. The third-order valence-electron chi connectivity index (χ3n) is 2.30. The molecular formula is C10H10F4N2O2S. The van der Waals surface area contributed by atoms with Crippen molar-refractivity contribution in [3.8, 4) is 0 Å². The van der Waals surface area contributed by atoms with Crippen LogP contribution in [-0.4, -0.2) is 27.9 Å². The van der Waals surface area contributed by atoms with Crippen LogP contribution in [0.5, 0.6) is 0 Å². The standard InChI is InChI=1S/C10H10F4N2O2S/c1-3(17)4(10(15)18)2-19-7-5(11)8(13)16-9(14)6(7)12/h4,10,18H,2,15H2,1H3. The molecule has 2 unspecified atom stereocenters. The summed E-state index contributed by atoms with van der Waals surface area (Å²) in [5, 5.41) is 9.10. The second kappa shape index (κ2) is 6.31. The molecule has 0 aromatic carbocycles. The van der Waals surface area contributed by atoms with Crippen LogP contribution >= 0.6 is 11.8 Å². The predicted molar refractivity (Wildman–Crippen MR) is 59.2 cm³/mol. The number of aromatic nitrogens is 1. The van der Waals surface area contributed by atoms with Crippen molar-refractivity contribution in [3.63, 3.8) is 0 Å². The lowest BCUT2D eigenvalue weighted by Crippen LogP contribution is -2.35. The molecular weight excluding hydrogens is 288 g/mol. The van der Waals surface area contributed by atoms with E-state index in [9.17, 15) is 22.4 Å². The Morgan fingerprint density at radius 1 is 1.32 bits per heavy atom. The molecule has 3 N–H and O–H groups in total. The van der Waals surface area contributed by atoms with E-state index in [4.69, 9.17) is 10.8 Å². The Bertz CT molecular complexity index is 473. The van der Waals surface area contributed by atoms with Crippen LogP contribution in [0.25, 0.3) is 0 Å². The second-order valence-corrected chi connectivity index (χ2v) is 4.70. The Kier molecular flexibility index (Phi) is 5.27. The van der Waals surface area contributed by atoms with Crippen molar-refractivity contribution in [2.24, 2.45) is 11.7 Å². The van der Waals surface area contributed by atoms with Gasteiger partial charge in [-0.1, -0.05) is 0 Å². The molecule has 0 aliphatic heterocycles. The van der Waals surface area contributed by atoms with Gasteiger partial charge < -0.3 is 10.8 Å². The molecule has 0 bridgehead atoms. The highest BCUT2D eigenvalue weighted by molar-refractivity contribution is 7.99. The smallest absolute Gasteiger partial charge is 0.252 e. The number of hydrogen-bond donors (Lipinski definition) is 2.